The summed E-state index contributed by atoms with van der Waals surface area (Å²) in [5, 5.41) is 9.99. The van der Waals surface area contributed by atoms with Gasteiger partial charge in [0.05, 0.1) is 0 Å². The largest absolute Gasteiger partial charge is 0.508 e. The van der Waals surface area contributed by atoms with Crippen molar-refractivity contribution in [3.05, 3.63) is 28.2 Å². The first-order valence-electron chi connectivity index (χ1n) is 3.52. The van der Waals surface area contributed by atoms with E-state index in [2.05, 4.69) is 4.98 Å². The Kier molecular flexibility index (Phi) is 2.39. The third kappa shape index (κ3) is 1.93. The lowest BCUT2D eigenvalue weighted by Gasteiger charge is -1.94. The maximum Gasteiger partial charge on any atom is 0.191 e. The van der Waals surface area contributed by atoms with E-state index < -0.39 is 0 Å². The molecular weight excluding hydrogens is 222 g/mol. The summed E-state index contributed by atoms with van der Waals surface area (Å²) in [4.78, 5) is 4.18. The smallest absolute Gasteiger partial charge is 0.191 e. The van der Waals surface area contributed by atoms with Gasteiger partial charge in [-0.25, -0.2) is 4.98 Å². The molecule has 0 saturated carbocycles. The van der Waals surface area contributed by atoms with Gasteiger partial charge in [0.2, 0.25) is 0 Å². The van der Waals surface area contributed by atoms with Crippen LogP contribution in [0.2, 0.25) is 0 Å². The Labute approximate surface area is 87.5 Å². The van der Waals surface area contributed by atoms with Crippen molar-refractivity contribution in [2.24, 2.45) is 0 Å². The molecule has 0 spiro atoms. The Hall–Kier alpha value is -0.780. The fourth-order valence-corrected chi connectivity index (χ4v) is 3.03. The average molecular weight is 227 g/mol. The highest BCUT2D eigenvalue weighted by atomic mass is 32.9. The zero-order chi connectivity index (χ0) is 9.26. The normalized spacial score (nSPS) is 10.2. The Balaban J connectivity index is 2.47. The highest BCUT2D eigenvalue weighted by Gasteiger charge is 2.01. The van der Waals surface area contributed by atoms with E-state index in [1.165, 1.54) is 10.3 Å². The van der Waals surface area contributed by atoms with Gasteiger partial charge in [0.25, 0.3) is 0 Å². The summed E-state index contributed by atoms with van der Waals surface area (Å²) in [6, 6.07) is 6.94. The molecule has 0 radical (unpaired) electrons. The van der Waals surface area contributed by atoms with Crippen LogP contribution in [-0.2, 0) is 0 Å². The molecule has 66 valence electrons. The van der Waals surface area contributed by atoms with Gasteiger partial charge in [-0.15, -0.1) is 0 Å². The molecule has 1 heterocycles. The SMILES string of the molecule is Oc1ccc(-c2nc(=S)ss2)cc1. The lowest BCUT2D eigenvalue weighted by Crippen LogP contribution is -1.73. The lowest BCUT2D eigenvalue weighted by atomic mass is 10.2. The topological polar surface area (TPSA) is 33.1 Å². The molecule has 1 aromatic heterocycles. The summed E-state index contributed by atoms with van der Waals surface area (Å²) in [5.41, 5.74) is 0.996. The van der Waals surface area contributed by atoms with Gasteiger partial charge in [-0.1, -0.05) is 10.3 Å². The van der Waals surface area contributed by atoms with E-state index in [-0.39, 0.29) is 5.75 Å². The van der Waals surface area contributed by atoms with Crippen LogP contribution in [0.3, 0.4) is 0 Å². The molecule has 0 aliphatic rings. The van der Waals surface area contributed by atoms with Crippen molar-refractivity contribution in [1.82, 2.24) is 4.98 Å². The molecule has 0 unspecified atom stereocenters. The minimum absolute atomic E-state index is 0.266. The molecule has 2 nitrogen and oxygen atoms in total. The Morgan fingerprint density at radius 1 is 1.15 bits per heavy atom. The molecule has 0 aliphatic carbocycles. The van der Waals surface area contributed by atoms with E-state index in [4.69, 9.17) is 17.3 Å². The third-order valence-electron chi connectivity index (χ3n) is 1.50. The Morgan fingerprint density at radius 3 is 2.38 bits per heavy atom. The molecule has 0 atom stereocenters. The maximum absolute atomic E-state index is 9.07. The second kappa shape index (κ2) is 3.53. The Morgan fingerprint density at radius 2 is 1.85 bits per heavy atom. The summed E-state index contributed by atoms with van der Waals surface area (Å²) in [5.74, 6) is 0.266. The highest BCUT2D eigenvalue weighted by Crippen LogP contribution is 2.26. The molecule has 0 saturated heterocycles. The lowest BCUT2D eigenvalue weighted by molar-refractivity contribution is 0.475. The number of aromatic hydroxyl groups is 1. The summed E-state index contributed by atoms with van der Waals surface area (Å²) in [7, 11) is 3.04. The summed E-state index contributed by atoms with van der Waals surface area (Å²) < 4.78 is 0.660. The van der Waals surface area contributed by atoms with E-state index in [1.807, 2.05) is 12.1 Å². The van der Waals surface area contributed by atoms with Crippen LogP contribution >= 0.6 is 32.9 Å². The van der Waals surface area contributed by atoms with Gasteiger partial charge in [-0.2, -0.15) is 0 Å². The van der Waals surface area contributed by atoms with Gasteiger partial charge < -0.3 is 5.11 Å². The molecule has 5 heteroatoms. The minimum Gasteiger partial charge on any atom is -0.508 e. The quantitative estimate of drug-likeness (QED) is 0.599. The van der Waals surface area contributed by atoms with Gasteiger partial charge in [-0.05, 0) is 46.8 Å². The minimum atomic E-state index is 0.266. The van der Waals surface area contributed by atoms with Crippen molar-refractivity contribution in [2.75, 3.05) is 0 Å². The highest BCUT2D eigenvalue weighted by molar-refractivity contribution is 7.79. The van der Waals surface area contributed by atoms with Gasteiger partial charge >= 0.3 is 0 Å². The van der Waals surface area contributed by atoms with Crippen molar-refractivity contribution < 1.29 is 5.11 Å². The van der Waals surface area contributed by atoms with Gasteiger partial charge in [0.1, 0.15) is 10.8 Å². The first kappa shape index (κ1) is 8.80. The monoisotopic (exact) mass is 227 g/mol. The van der Waals surface area contributed by atoms with E-state index in [9.17, 15) is 0 Å². The maximum atomic E-state index is 9.07. The Bertz CT molecular complexity index is 457. The molecule has 0 fully saturated rings. The van der Waals surface area contributed by atoms with Crippen LogP contribution in [0.4, 0.5) is 0 Å². The standard InChI is InChI=1S/C8H5NOS3/c10-6-3-1-5(2-4-6)7-9-8(11)13-12-7/h1-4,10H. The van der Waals surface area contributed by atoms with Crippen molar-refractivity contribution >= 4 is 32.9 Å². The molecule has 0 amide bonds. The van der Waals surface area contributed by atoms with Crippen LogP contribution in [-0.4, -0.2) is 10.1 Å². The number of benzene rings is 1. The first-order chi connectivity index (χ1) is 6.25. The van der Waals surface area contributed by atoms with Crippen LogP contribution in [0.5, 0.6) is 5.75 Å². The number of rotatable bonds is 1. The van der Waals surface area contributed by atoms with Crippen LogP contribution in [0.1, 0.15) is 0 Å². The van der Waals surface area contributed by atoms with Crippen molar-refractivity contribution in [3.8, 4) is 16.3 Å². The van der Waals surface area contributed by atoms with Gasteiger partial charge in [0.15, 0.2) is 3.95 Å². The zero-order valence-corrected chi connectivity index (χ0v) is 8.88. The van der Waals surface area contributed by atoms with E-state index in [0.717, 1.165) is 10.6 Å². The van der Waals surface area contributed by atoms with Crippen LogP contribution in [0, 0.1) is 3.95 Å². The molecule has 2 rings (SSSR count). The number of nitrogens with zero attached hydrogens (tertiary/aromatic N) is 1. The second-order valence-corrected chi connectivity index (χ2v) is 5.15. The van der Waals surface area contributed by atoms with Crippen LogP contribution in [0.25, 0.3) is 10.6 Å². The number of phenols is 1. The van der Waals surface area contributed by atoms with Crippen molar-refractivity contribution in [3.63, 3.8) is 0 Å². The predicted octanol–water partition coefficient (Wildman–Crippen LogP) is 3.31. The third-order valence-corrected chi connectivity index (χ3v) is 4.16. The molecule has 1 aromatic carbocycles. The molecule has 0 aliphatic heterocycles. The number of hydrogen-bond acceptors (Lipinski definition) is 5. The van der Waals surface area contributed by atoms with Gasteiger partial charge in [-0.3, -0.25) is 0 Å². The van der Waals surface area contributed by atoms with Crippen LogP contribution < -0.4 is 0 Å². The summed E-state index contributed by atoms with van der Waals surface area (Å²) in [6.45, 7) is 0. The molecule has 13 heavy (non-hydrogen) atoms. The summed E-state index contributed by atoms with van der Waals surface area (Å²) >= 11 is 4.93. The number of hydrogen-bond donors (Lipinski definition) is 1. The van der Waals surface area contributed by atoms with E-state index >= 15 is 0 Å². The summed E-state index contributed by atoms with van der Waals surface area (Å²) in [6.07, 6.45) is 0. The zero-order valence-electron chi connectivity index (χ0n) is 6.43. The van der Waals surface area contributed by atoms with E-state index in [1.54, 1.807) is 22.5 Å². The number of phenolic OH excluding ortho intramolecular Hbond substituents is 1. The second-order valence-electron chi connectivity index (χ2n) is 2.40. The van der Waals surface area contributed by atoms with Crippen molar-refractivity contribution in [2.45, 2.75) is 0 Å². The van der Waals surface area contributed by atoms with E-state index in [0.29, 0.717) is 3.95 Å². The van der Waals surface area contributed by atoms with Crippen LogP contribution in [0.15, 0.2) is 24.3 Å². The molecule has 1 N–H and O–H groups in total. The first-order valence-corrected chi connectivity index (χ1v) is 6.08. The number of aromatic nitrogens is 1. The fourth-order valence-electron chi connectivity index (χ4n) is 0.912. The molecule has 2 aromatic rings. The molecule has 0 bridgehead atoms. The van der Waals surface area contributed by atoms with Crippen molar-refractivity contribution in [1.29, 1.82) is 0 Å². The average Bonchev–Trinajstić information content (AvgIpc) is 2.53. The fraction of sp³-hybridized carbons (Fsp3) is 0. The predicted molar refractivity (Wildman–Crippen MR) is 57.9 cm³/mol. The molecular formula is C8H5NOS3. The van der Waals surface area contributed by atoms with Gasteiger partial charge in [0, 0.05) is 5.56 Å².